The van der Waals surface area contributed by atoms with Crippen molar-refractivity contribution in [3.8, 4) is 0 Å². The van der Waals surface area contributed by atoms with E-state index in [1.165, 1.54) is 0 Å². The predicted octanol–water partition coefficient (Wildman–Crippen LogP) is 4.15. The van der Waals surface area contributed by atoms with Crippen LogP contribution in [-0.2, 0) is 0 Å². The summed E-state index contributed by atoms with van der Waals surface area (Å²) in [6.45, 7) is 6.75. The first-order valence-corrected chi connectivity index (χ1v) is 7.59. The molecular formula is C16H18BrN3O. The third kappa shape index (κ3) is 3.82. The summed E-state index contributed by atoms with van der Waals surface area (Å²) >= 11 is 3.52. The SMILES string of the molecule is CCNc1cccc(C(=O)Nc2cc(C)c(Br)c(C)c2)n1. The Hall–Kier alpha value is -1.88. The molecule has 21 heavy (non-hydrogen) atoms. The first-order valence-electron chi connectivity index (χ1n) is 6.80. The van der Waals surface area contributed by atoms with Crippen molar-refractivity contribution in [1.82, 2.24) is 4.98 Å². The van der Waals surface area contributed by atoms with Crippen LogP contribution in [0.3, 0.4) is 0 Å². The number of carbonyl (C=O) groups is 1. The van der Waals surface area contributed by atoms with E-state index in [4.69, 9.17) is 0 Å². The smallest absolute Gasteiger partial charge is 0.274 e. The van der Waals surface area contributed by atoms with Crippen molar-refractivity contribution < 1.29 is 4.79 Å². The summed E-state index contributed by atoms with van der Waals surface area (Å²) in [5, 5.41) is 5.98. The molecule has 1 amide bonds. The fraction of sp³-hybridized carbons (Fsp3) is 0.250. The van der Waals surface area contributed by atoms with E-state index in [2.05, 4.69) is 31.5 Å². The highest BCUT2D eigenvalue weighted by Crippen LogP contribution is 2.25. The molecule has 110 valence electrons. The highest BCUT2D eigenvalue weighted by atomic mass is 79.9. The normalized spacial score (nSPS) is 10.3. The minimum atomic E-state index is -0.212. The molecule has 0 aliphatic carbocycles. The van der Waals surface area contributed by atoms with Gasteiger partial charge in [0, 0.05) is 16.7 Å². The van der Waals surface area contributed by atoms with Gasteiger partial charge < -0.3 is 10.6 Å². The Morgan fingerprint density at radius 2 is 1.90 bits per heavy atom. The molecule has 1 aromatic carbocycles. The van der Waals surface area contributed by atoms with Gasteiger partial charge in [-0.1, -0.05) is 22.0 Å². The molecule has 0 aliphatic heterocycles. The number of benzene rings is 1. The maximum absolute atomic E-state index is 12.3. The average Bonchev–Trinajstić information content (AvgIpc) is 2.45. The van der Waals surface area contributed by atoms with Gasteiger partial charge in [0.1, 0.15) is 11.5 Å². The zero-order valence-electron chi connectivity index (χ0n) is 12.3. The van der Waals surface area contributed by atoms with Gasteiger partial charge in [0.2, 0.25) is 0 Å². The summed E-state index contributed by atoms with van der Waals surface area (Å²) in [7, 11) is 0. The predicted molar refractivity (Wildman–Crippen MR) is 90.0 cm³/mol. The number of aryl methyl sites for hydroxylation is 2. The number of hydrogen-bond acceptors (Lipinski definition) is 3. The zero-order valence-corrected chi connectivity index (χ0v) is 13.9. The van der Waals surface area contributed by atoms with Crippen LogP contribution in [0.25, 0.3) is 0 Å². The number of pyridine rings is 1. The molecule has 1 aromatic heterocycles. The molecule has 0 aliphatic rings. The number of rotatable bonds is 4. The van der Waals surface area contributed by atoms with E-state index in [-0.39, 0.29) is 5.91 Å². The second-order valence-electron chi connectivity index (χ2n) is 4.82. The zero-order chi connectivity index (χ0) is 15.4. The van der Waals surface area contributed by atoms with Gasteiger partial charge in [0.15, 0.2) is 0 Å². The largest absolute Gasteiger partial charge is 0.370 e. The molecule has 0 radical (unpaired) electrons. The molecule has 2 N–H and O–H groups in total. The molecular weight excluding hydrogens is 330 g/mol. The molecule has 0 saturated heterocycles. The minimum absolute atomic E-state index is 0.212. The highest BCUT2D eigenvalue weighted by molar-refractivity contribution is 9.10. The van der Waals surface area contributed by atoms with Gasteiger partial charge in [-0.3, -0.25) is 4.79 Å². The number of halogens is 1. The van der Waals surface area contributed by atoms with E-state index in [1.807, 2.05) is 45.0 Å². The second kappa shape index (κ2) is 6.72. The Morgan fingerprint density at radius 1 is 1.24 bits per heavy atom. The number of amides is 1. The number of aromatic nitrogens is 1. The van der Waals surface area contributed by atoms with Crippen LogP contribution in [0.1, 0.15) is 28.5 Å². The molecule has 0 bridgehead atoms. The third-order valence-electron chi connectivity index (χ3n) is 3.03. The van der Waals surface area contributed by atoms with Crippen LogP contribution in [0, 0.1) is 13.8 Å². The monoisotopic (exact) mass is 347 g/mol. The molecule has 0 saturated carbocycles. The van der Waals surface area contributed by atoms with Crippen molar-refractivity contribution in [2.45, 2.75) is 20.8 Å². The lowest BCUT2D eigenvalue weighted by Gasteiger charge is -2.10. The topological polar surface area (TPSA) is 54.0 Å². The van der Waals surface area contributed by atoms with Crippen molar-refractivity contribution in [3.63, 3.8) is 0 Å². The number of nitrogens with one attached hydrogen (secondary N) is 2. The van der Waals surface area contributed by atoms with E-state index in [9.17, 15) is 4.79 Å². The summed E-state index contributed by atoms with van der Waals surface area (Å²) in [5.41, 5.74) is 3.33. The molecule has 2 rings (SSSR count). The third-order valence-corrected chi connectivity index (χ3v) is 4.28. The van der Waals surface area contributed by atoms with E-state index >= 15 is 0 Å². The molecule has 1 heterocycles. The van der Waals surface area contributed by atoms with Crippen molar-refractivity contribution in [2.24, 2.45) is 0 Å². The molecule has 0 fully saturated rings. The Morgan fingerprint density at radius 3 is 2.52 bits per heavy atom. The lowest BCUT2D eigenvalue weighted by atomic mass is 10.1. The van der Waals surface area contributed by atoms with Crippen LogP contribution in [0.4, 0.5) is 11.5 Å². The lowest BCUT2D eigenvalue weighted by molar-refractivity contribution is 0.102. The van der Waals surface area contributed by atoms with E-state index in [0.717, 1.165) is 27.8 Å². The van der Waals surface area contributed by atoms with Crippen molar-refractivity contribution in [1.29, 1.82) is 0 Å². The van der Waals surface area contributed by atoms with Gasteiger partial charge in [-0.05, 0) is 56.2 Å². The number of carbonyl (C=O) groups excluding carboxylic acids is 1. The first kappa shape index (κ1) is 15.5. The van der Waals surface area contributed by atoms with Gasteiger partial charge >= 0.3 is 0 Å². The van der Waals surface area contributed by atoms with Gasteiger partial charge in [-0.15, -0.1) is 0 Å². The Kier molecular flexibility index (Phi) is 4.96. The van der Waals surface area contributed by atoms with Gasteiger partial charge in [0.25, 0.3) is 5.91 Å². The molecule has 0 spiro atoms. The number of nitrogens with zero attached hydrogens (tertiary/aromatic N) is 1. The quantitative estimate of drug-likeness (QED) is 0.873. The maximum Gasteiger partial charge on any atom is 0.274 e. The Labute approximate surface area is 133 Å². The Balaban J connectivity index is 2.20. The number of anilines is 2. The molecule has 0 atom stereocenters. The lowest BCUT2D eigenvalue weighted by Crippen LogP contribution is -2.15. The van der Waals surface area contributed by atoms with E-state index in [0.29, 0.717) is 11.5 Å². The van der Waals surface area contributed by atoms with Gasteiger partial charge in [0.05, 0.1) is 0 Å². The highest BCUT2D eigenvalue weighted by Gasteiger charge is 2.10. The average molecular weight is 348 g/mol. The summed E-state index contributed by atoms with van der Waals surface area (Å²) in [5.74, 6) is 0.490. The maximum atomic E-state index is 12.3. The Bertz CT molecular complexity index is 647. The van der Waals surface area contributed by atoms with E-state index in [1.54, 1.807) is 6.07 Å². The molecule has 4 nitrogen and oxygen atoms in total. The van der Waals surface area contributed by atoms with Crippen LogP contribution in [0.2, 0.25) is 0 Å². The van der Waals surface area contributed by atoms with Crippen LogP contribution in [0.15, 0.2) is 34.8 Å². The minimum Gasteiger partial charge on any atom is -0.370 e. The summed E-state index contributed by atoms with van der Waals surface area (Å²) in [6, 6.07) is 9.23. The standard InChI is InChI=1S/C16H18BrN3O/c1-4-18-14-7-5-6-13(20-14)16(21)19-12-8-10(2)15(17)11(3)9-12/h5-9H,4H2,1-3H3,(H,18,20)(H,19,21). The molecule has 5 heteroatoms. The van der Waals surface area contributed by atoms with Crippen LogP contribution in [-0.4, -0.2) is 17.4 Å². The fourth-order valence-electron chi connectivity index (χ4n) is 2.05. The van der Waals surface area contributed by atoms with Crippen molar-refractivity contribution in [3.05, 3.63) is 51.6 Å². The van der Waals surface area contributed by atoms with Crippen molar-refractivity contribution in [2.75, 3.05) is 17.2 Å². The van der Waals surface area contributed by atoms with Gasteiger partial charge in [-0.25, -0.2) is 4.98 Å². The summed E-state index contributed by atoms with van der Waals surface area (Å²) in [6.07, 6.45) is 0. The number of hydrogen-bond donors (Lipinski definition) is 2. The van der Waals surface area contributed by atoms with Crippen LogP contribution >= 0.6 is 15.9 Å². The van der Waals surface area contributed by atoms with Crippen molar-refractivity contribution >= 4 is 33.3 Å². The first-order chi connectivity index (χ1) is 10.0. The fourth-order valence-corrected chi connectivity index (χ4v) is 2.28. The second-order valence-corrected chi connectivity index (χ2v) is 5.61. The van der Waals surface area contributed by atoms with Gasteiger partial charge in [-0.2, -0.15) is 0 Å². The van der Waals surface area contributed by atoms with E-state index < -0.39 is 0 Å². The van der Waals surface area contributed by atoms with Crippen LogP contribution < -0.4 is 10.6 Å². The van der Waals surface area contributed by atoms with Crippen LogP contribution in [0.5, 0.6) is 0 Å². The molecule has 0 unspecified atom stereocenters. The summed E-state index contributed by atoms with van der Waals surface area (Å²) < 4.78 is 1.06. The molecule has 2 aromatic rings. The summed E-state index contributed by atoms with van der Waals surface area (Å²) in [4.78, 5) is 16.6.